The second kappa shape index (κ2) is 13.9. The molecule has 0 aliphatic carbocycles. The first-order valence-electron chi connectivity index (χ1n) is 19.0. The summed E-state index contributed by atoms with van der Waals surface area (Å²) in [6, 6.07) is 64.1. The van der Waals surface area contributed by atoms with Crippen LogP contribution in [0, 0.1) is 11.6 Å². The minimum absolute atomic E-state index is 0.283. The maximum Gasteiger partial charge on any atom is 0.123 e. The zero-order valence-corrected chi connectivity index (χ0v) is 32.5. The number of rotatable bonds is 8. The van der Waals surface area contributed by atoms with E-state index in [1.165, 1.54) is 24.3 Å². The van der Waals surface area contributed by atoms with Gasteiger partial charge in [0.15, 0.2) is 0 Å². The molecule has 0 saturated carbocycles. The molecule has 4 aromatic heterocycles. The summed E-state index contributed by atoms with van der Waals surface area (Å²) in [6.45, 7) is 0. The lowest BCUT2D eigenvalue weighted by molar-refractivity contribution is 0.627. The van der Waals surface area contributed by atoms with Crippen LogP contribution in [0.2, 0.25) is 0 Å². The summed E-state index contributed by atoms with van der Waals surface area (Å²) in [5, 5.41) is 4.27. The predicted molar refractivity (Wildman–Crippen MR) is 240 cm³/mol. The highest BCUT2D eigenvalue weighted by Crippen LogP contribution is 2.50. The van der Waals surface area contributed by atoms with Gasteiger partial charge in [0.05, 0.1) is 31.5 Å². The van der Waals surface area contributed by atoms with Crippen LogP contribution in [0.3, 0.4) is 0 Å². The lowest BCUT2D eigenvalue weighted by atomic mass is 10.2. The number of hydrogen-bond donors (Lipinski definition) is 0. The Kier molecular flexibility index (Phi) is 8.20. The number of fused-ring (bicyclic) bond motifs is 6. The fourth-order valence-electron chi connectivity index (χ4n) is 8.10. The first-order chi connectivity index (χ1) is 28.6. The summed E-state index contributed by atoms with van der Waals surface area (Å²) in [5.74, 6) is -0.565. The van der Waals surface area contributed by atoms with E-state index in [4.69, 9.17) is 0 Å². The lowest BCUT2D eigenvalue weighted by Gasteiger charge is -2.23. The molecule has 278 valence electrons. The van der Waals surface area contributed by atoms with Gasteiger partial charge in [-0.05, 0) is 121 Å². The molecule has 0 N–H and O–H groups in total. The van der Waals surface area contributed by atoms with E-state index < -0.39 is 0 Å². The third-order valence-corrected chi connectivity index (χ3v) is 12.9. The Balaban J connectivity index is 1.21. The zero-order valence-electron chi connectivity index (χ0n) is 30.8. The molecule has 0 fully saturated rings. The van der Waals surface area contributed by atoms with Crippen molar-refractivity contribution < 1.29 is 8.78 Å². The molecule has 0 amide bonds. The van der Waals surface area contributed by atoms with Crippen molar-refractivity contribution in [3.63, 3.8) is 0 Å². The molecule has 0 saturated heterocycles. The number of anilines is 6. The molecule has 4 heterocycles. The van der Waals surface area contributed by atoms with Gasteiger partial charge in [0.2, 0.25) is 0 Å². The fraction of sp³-hybridized carbons (Fsp3) is 0. The number of hydrogen-bond acceptors (Lipinski definition) is 4. The summed E-state index contributed by atoms with van der Waals surface area (Å²) >= 11 is 3.47. The standard InChI is InChI=1S/C50H32F2N4S2/c51-33-21-25-39(26-22-33)55-43-30-42-44(29-41(43)49-45(55)31-47(57-49)53(35-13-5-1-6-14-35)36-15-7-2-8-16-36)56(40-27-23-34(52)24-28-40)46-32-48(58-50(42)46)54(37-17-9-3-10-18-37)38-19-11-4-12-20-38/h1-32H. The van der Waals surface area contributed by atoms with Gasteiger partial charge in [-0.25, -0.2) is 8.78 Å². The van der Waals surface area contributed by atoms with E-state index in [2.05, 4.69) is 140 Å². The van der Waals surface area contributed by atoms with Crippen molar-refractivity contribution in [1.82, 2.24) is 9.13 Å². The average Bonchev–Trinajstić information content (AvgIpc) is 4.02. The lowest BCUT2D eigenvalue weighted by Crippen LogP contribution is -2.08. The number of nitrogens with zero attached hydrogens (tertiary/aromatic N) is 4. The summed E-state index contributed by atoms with van der Waals surface area (Å²) in [4.78, 5) is 4.57. The normalized spacial score (nSPS) is 11.6. The van der Waals surface area contributed by atoms with Gasteiger partial charge in [-0.15, -0.1) is 22.7 Å². The van der Waals surface area contributed by atoms with E-state index in [1.807, 2.05) is 48.5 Å². The van der Waals surface area contributed by atoms with Crippen LogP contribution in [0.25, 0.3) is 53.6 Å². The summed E-state index contributed by atoms with van der Waals surface area (Å²) in [6.07, 6.45) is 0. The number of aromatic nitrogens is 2. The van der Waals surface area contributed by atoms with E-state index in [9.17, 15) is 8.78 Å². The third-order valence-electron chi connectivity index (χ3n) is 10.6. The SMILES string of the molecule is Fc1ccc(-n2c3cc4c5sc(N(c6ccccc6)c6ccccc6)cc5n(-c5ccc(F)cc5)c4cc3c3sc(N(c4ccccc4)c4ccccc4)cc32)cc1. The molecule has 0 aliphatic rings. The molecule has 4 nitrogen and oxygen atoms in total. The van der Waals surface area contributed by atoms with Crippen molar-refractivity contribution in [2.24, 2.45) is 0 Å². The van der Waals surface area contributed by atoms with Crippen molar-refractivity contribution in [2.45, 2.75) is 0 Å². The third kappa shape index (κ3) is 5.68. The monoisotopic (exact) mass is 790 g/mol. The molecule has 8 heteroatoms. The Morgan fingerprint density at radius 3 is 0.966 bits per heavy atom. The van der Waals surface area contributed by atoms with Crippen LogP contribution in [0.5, 0.6) is 0 Å². The Labute approximate surface area is 340 Å². The Bertz CT molecular complexity index is 2930. The molecule has 11 rings (SSSR count). The molecule has 0 aliphatic heterocycles. The molecule has 0 spiro atoms. The van der Waals surface area contributed by atoms with Gasteiger partial charge in [0, 0.05) is 44.9 Å². The van der Waals surface area contributed by atoms with Gasteiger partial charge >= 0.3 is 0 Å². The molecule has 0 bridgehead atoms. The van der Waals surface area contributed by atoms with Crippen LogP contribution in [0.4, 0.5) is 41.5 Å². The highest BCUT2D eigenvalue weighted by molar-refractivity contribution is 7.24. The van der Waals surface area contributed by atoms with E-state index in [1.54, 1.807) is 22.7 Å². The first kappa shape index (κ1) is 34.3. The van der Waals surface area contributed by atoms with Crippen molar-refractivity contribution in [3.05, 3.63) is 206 Å². The van der Waals surface area contributed by atoms with E-state index in [0.29, 0.717) is 0 Å². The van der Waals surface area contributed by atoms with Crippen LogP contribution in [0.15, 0.2) is 194 Å². The minimum Gasteiger partial charge on any atom is -0.308 e. The summed E-state index contributed by atoms with van der Waals surface area (Å²) < 4.78 is 35.7. The average molecular weight is 791 g/mol. The summed E-state index contributed by atoms with van der Waals surface area (Å²) in [7, 11) is 0. The molecule has 7 aromatic carbocycles. The topological polar surface area (TPSA) is 16.3 Å². The van der Waals surface area contributed by atoms with E-state index in [-0.39, 0.29) is 11.6 Å². The predicted octanol–water partition coefficient (Wildman–Crippen LogP) is 15.2. The zero-order chi connectivity index (χ0) is 38.7. The van der Waals surface area contributed by atoms with Gasteiger partial charge in [-0.1, -0.05) is 72.8 Å². The number of benzene rings is 7. The Morgan fingerprint density at radius 2 is 0.655 bits per heavy atom. The van der Waals surface area contributed by atoms with Crippen LogP contribution in [-0.2, 0) is 0 Å². The molecule has 58 heavy (non-hydrogen) atoms. The second-order valence-electron chi connectivity index (χ2n) is 14.1. The van der Waals surface area contributed by atoms with E-state index in [0.717, 1.165) is 86.4 Å². The van der Waals surface area contributed by atoms with Crippen LogP contribution >= 0.6 is 22.7 Å². The first-order valence-corrected chi connectivity index (χ1v) is 20.6. The Hall–Kier alpha value is -7.00. The number of para-hydroxylation sites is 4. The highest BCUT2D eigenvalue weighted by atomic mass is 32.1. The maximum absolute atomic E-state index is 14.5. The van der Waals surface area contributed by atoms with Gasteiger partial charge in [-0.2, -0.15) is 0 Å². The largest absolute Gasteiger partial charge is 0.308 e. The molecule has 0 unspecified atom stereocenters. The van der Waals surface area contributed by atoms with Crippen molar-refractivity contribution in [3.8, 4) is 11.4 Å². The van der Waals surface area contributed by atoms with Gasteiger partial charge in [0.1, 0.15) is 21.6 Å². The molecule has 11 aromatic rings. The molecule has 0 atom stereocenters. The van der Waals surface area contributed by atoms with Crippen molar-refractivity contribution in [2.75, 3.05) is 9.80 Å². The minimum atomic E-state index is -0.283. The summed E-state index contributed by atoms with van der Waals surface area (Å²) in [5.41, 5.74) is 10.1. The van der Waals surface area contributed by atoms with Crippen LogP contribution in [0.1, 0.15) is 0 Å². The van der Waals surface area contributed by atoms with Gasteiger partial charge in [0.25, 0.3) is 0 Å². The number of thiophene rings is 2. The van der Waals surface area contributed by atoms with Gasteiger partial charge in [-0.3, -0.25) is 0 Å². The van der Waals surface area contributed by atoms with Crippen molar-refractivity contribution in [1.29, 1.82) is 0 Å². The number of halogens is 2. The Morgan fingerprint density at radius 1 is 0.345 bits per heavy atom. The second-order valence-corrected chi connectivity index (χ2v) is 16.2. The molecule has 0 radical (unpaired) electrons. The van der Waals surface area contributed by atoms with Crippen LogP contribution < -0.4 is 9.80 Å². The van der Waals surface area contributed by atoms with Gasteiger partial charge < -0.3 is 18.9 Å². The maximum atomic E-state index is 14.5. The molecular formula is C50H32F2N4S2. The smallest absolute Gasteiger partial charge is 0.123 e. The quantitative estimate of drug-likeness (QED) is 0.152. The van der Waals surface area contributed by atoms with Crippen LogP contribution in [-0.4, -0.2) is 9.13 Å². The van der Waals surface area contributed by atoms with E-state index >= 15 is 0 Å². The van der Waals surface area contributed by atoms with Crippen molar-refractivity contribution >= 4 is 97.7 Å². The molecular weight excluding hydrogens is 759 g/mol. The fourth-order valence-corrected chi connectivity index (χ4v) is 10.5. The highest BCUT2D eigenvalue weighted by Gasteiger charge is 2.25.